The maximum Gasteiger partial charge on any atom is 0.191 e. The van der Waals surface area contributed by atoms with Crippen LogP contribution < -0.4 is 15.4 Å². The van der Waals surface area contributed by atoms with Gasteiger partial charge in [-0.2, -0.15) is 0 Å². The van der Waals surface area contributed by atoms with Gasteiger partial charge in [0.05, 0.1) is 6.61 Å². The van der Waals surface area contributed by atoms with Crippen molar-refractivity contribution < 1.29 is 4.74 Å². The number of nitrogens with one attached hydrogen (secondary N) is 2. The average Bonchev–Trinajstić information content (AvgIpc) is 3.35. The molecule has 5 heteroatoms. The lowest BCUT2D eigenvalue weighted by Crippen LogP contribution is -2.40. The first-order chi connectivity index (χ1) is 11.8. The van der Waals surface area contributed by atoms with Gasteiger partial charge in [-0.1, -0.05) is 18.2 Å². The van der Waals surface area contributed by atoms with Crippen LogP contribution in [-0.2, 0) is 6.54 Å². The van der Waals surface area contributed by atoms with E-state index in [2.05, 4.69) is 26.6 Å². The number of hydrogen-bond acceptors (Lipinski definition) is 3. The molecular weight excluding hydrogens is 300 g/mol. The van der Waals surface area contributed by atoms with Gasteiger partial charge in [0, 0.05) is 38.3 Å². The molecule has 24 heavy (non-hydrogen) atoms. The highest BCUT2D eigenvalue weighted by atomic mass is 16.5. The van der Waals surface area contributed by atoms with Gasteiger partial charge in [0.25, 0.3) is 0 Å². The zero-order chi connectivity index (χ0) is 16.8. The van der Waals surface area contributed by atoms with E-state index in [-0.39, 0.29) is 0 Å². The van der Waals surface area contributed by atoms with Crippen LogP contribution in [0.2, 0.25) is 0 Å². The van der Waals surface area contributed by atoms with Gasteiger partial charge in [0.2, 0.25) is 0 Å². The van der Waals surface area contributed by atoms with Crippen LogP contribution in [0, 0.1) is 5.92 Å². The number of para-hydroxylation sites is 1. The Kier molecular flexibility index (Phi) is 5.96. The fourth-order valence-corrected chi connectivity index (χ4v) is 3.39. The van der Waals surface area contributed by atoms with Gasteiger partial charge < -0.3 is 20.3 Å². The van der Waals surface area contributed by atoms with E-state index >= 15 is 0 Å². The lowest BCUT2D eigenvalue weighted by atomic mass is 10.1. The van der Waals surface area contributed by atoms with Gasteiger partial charge in [-0.05, 0) is 44.7 Å². The van der Waals surface area contributed by atoms with E-state index in [1.165, 1.54) is 32.4 Å². The summed E-state index contributed by atoms with van der Waals surface area (Å²) >= 11 is 0. The molecule has 132 valence electrons. The number of benzene rings is 1. The van der Waals surface area contributed by atoms with Crippen molar-refractivity contribution in [2.75, 3.05) is 33.3 Å². The molecule has 5 nitrogen and oxygen atoms in total. The summed E-state index contributed by atoms with van der Waals surface area (Å²) < 4.78 is 5.68. The lowest BCUT2D eigenvalue weighted by molar-refractivity contribution is 0.314. The number of ether oxygens (including phenoxy) is 1. The number of aliphatic imine (C=N–C) groups is 1. The molecule has 1 unspecified atom stereocenters. The van der Waals surface area contributed by atoms with Gasteiger partial charge in [-0.15, -0.1) is 0 Å². The Balaban J connectivity index is 1.43. The van der Waals surface area contributed by atoms with Crippen molar-refractivity contribution in [2.24, 2.45) is 10.9 Å². The minimum atomic E-state index is 0.684. The van der Waals surface area contributed by atoms with E-state index in [1.807, 2.05) is 32.2 Å². The summed E-state index contributed by atoms with van der Waals surface area (Å²) in [5.74, 6) is 2.55. The molecule has 0 bridgehead atoms. The zero-order valence-electron chi connectivity index (χ0n) is 14.9. The van der Waals surface area contributed by atoms with Gasteiger partial charge in [0.15, 0.2) is 5.96 Å². The molecule has 0 radical (unpaired) electrons. The van der Waals surface area contributed by atoms with Crippen molar-refractivity contribution in [1.82, 2.24) is 15.5 Å². The standard InChI is InChI=1S/C19H30N4O/c1-3-24-18-7-5-4-6-16(18)13-22-19(20-2)21-12-15-10-11-23(14-15)17-8-9-17/h4-7,15,17H,3,8-14H2,1-2H3,(H2,20,21,22). The van der Waals surface area contributed by atoms with Crippen molar-refractivity contribution in [2.45, 2.75) is 38.8 Å². The Labute approximate surface area is 145 Å². The zero-order valence-corrected chi connectivity index (χ0v) is 14.9. The minimum absolute atomic E-state index is 0.684. The van der Waals surface area contributed by atoms with Crippen LogP contribution >= 0.6 is 0 Å². The monoisotopic (exact) mass is 330 g/mol. The number of hydrogen-bond donors (Lipinski definition) is 2. The first kappa shape index (κ1) is 17.1. The van der Waals surface area contributed by atoms with Crippen LogP contribution in [0.15, 0.2) is 29.3 Å². The molecule has 1 atom stereocenters. The summed E-state index contributed by atoms with van der Waals surface area (Å²) in [6.07, 6.45) is 4.11. The van der Waals surface area contributed by atoms with Gasteiger partial charge in [0.1, 0.15) is 5.75 Å². The predicted octanol–water partition coefficient (Wildman–Crippen LogP) is 2.23. The van der Waals surface area contributed by atoms with Crippen molar-refractivity contribution in [3.63, 3.8) is 0 Å². The number of rotatable bonds is 7. The summed E-state index contributed by atoms with van der Waals surface area (Å²) in [7, 11) is 1.83. The smallest absolute Gasteiger partial charge is 0.191 e. The molecule has 2 aliphatic rings. The topological polar surface area (TPSA) is 48.9 Å². The Morgan fingerprint density at radius 2 is 2.08 bits per heavy atom. The van der Waals surface area contributed by atoms with E-state index < -0.39 is 0 Å². The number of nitrogens with zero attached hydrogens (tertiary/aromatic N) is 2. The second kappa shape index (κ2) is 8.38. The first-order valence-electron chi connectivity index (χ1n) is 9.19. The molecule has 1 aromatic carbocycles. The van der Waals surface area contributed by atoms with Crippen LogP contribution in [0.5, 0.6) is 5.75 Å². The van der Waals surface area contributed by atoms with Gasteiger partial charge >= 0.3 is 0 Å². The van der Waals surface area contributed by atoms with Crippen molar-refractivity contribution in [1.29, 1.82) is 0 Å². The average molecular weight is 330 g/mol. The molecule has 0 aromatic heterocycles. The third-order valence-electron chi connectivity index (χ3n) is 4.88. The Morgan fingerprint density at radius 3 is 2.83 bits per heavy atom. The maximum absolute atomic E-state index is 5.68. The highest BCUT2D eigenvalue weighted by Crippen LogP contribution is 2.31. The molecule has 1 aliphatic carbocycles. The molecule has 1 aromatic rings. The van der Waals surface area contributed by atoms with Crippen LogP contribution in [0.3, 0.4) is 0 Å². The van der Waals surface area contributed by atoms with E-state index in [0.29, 0.717) is 13.2 Å². The molecule has 1 aliphatic heterocycles. The molecule has 0 spiro atoms. The van der Waals surface area contributed by atoms with Crippen LogP contribution in [0.4, 0.5) is 0 Å². The third-order valence-corrected chi connectivity index (χ3v) is 4.88. The molecule has 1 heterocycles. The summed E-state index contributed by atoms with van der Waals surface area (Å²) in [6.45, 7) is 6.91. The van der Waals surface area contributed by atoms with Crippen LogP contribution in [0.1, 0.15) is 31.7 Å². The van der Waals surface area contributed by atoms with Crippen molar-refractivity contribution in [3.05, 3.63) is 29.8 Å². The first-order valence-corrected chi connectivity index (χ1v) is 9.19. The third kappa shape index (κ3) is 4.63. The van der Waals surface area contributed by atoms with Crippen LogP contribution in [-0.4, -0.2) is 50.2 Å². The Hall–Kier alpha value is -1.75. The Morgan fingerprint density at radius 1 is 1.25 bits per heavy atom. The maximum atomic E-state index is 5.68. The SMILES string of the molecule is CCOc1ccccc1CNC(=NC)NCC1CCN(C2CC2)C1. The van der Waals surface area contributed by atoms with Crippen molar-refractivity contribution >= 4 is 5.96 Å². The van der Waals surface area contributed by atoms with Crippen LogP contribution in [0.25, 0.3) is 0 Å². The number of guanidine groups is 1. The highest BCUT2D eigenvalue weighted by Gasteiger charge is 2.34. The predicted molar refractivity (Wildman–Crippen MR) is 98.5 cm³/mol. The van der Waals surface area contributed by atoms with Crippen molar-refractivity contribution in [3.8, 4) is 5.75 Å². The molecule has 0 amide bonds. The van der Waals surface area contributed by atoms with Gasteiger partial charge in [-0.25, -0.2) is 0 Å². The number of likely N-dealkylation sites (tertiary alicyclic amines) is 1. The van der Waals surface area contributed by atoms with Gasteiger partial charge in [-0.3, -0.25) is 4.99 Å². The Bertz CT molecular complexity index is 556. The second-order valence-electron chi connectivity index (χ2n) is 6.73. The fraction of sp³-hybridized carbons (Fsp3) is 0.632. The fourth-order valence-electron chi connectivity index (χ4n) is 3.39. The molecule has 2 fully saturated rings. The molecule has 1 saturated carbocycles. The summed E-state index contributed by atoms with van der Waals surface area (Å²) in [5.41, 5.74) is 1.16. The largest absolute Gasteiger partial charge is 0.494 e. The second-order valence-corrected chi connectivity index (χ2v) is 6.73. The molecule has 2 N–H and O–H groups in total. The van der Waals surface area contributed by atoms with E-state index in [4.69, 9.17) is 4.74 Å². The van der Waals surface area contributed by atoms with E-state index in [1.54, 1.807) is 0 Å². The summed E-state index contributed by atoms with van der Waals surface area (Å²) in [5, 5.41) is 6.88. The normalized spacial score (nSPS) is 21.8. The molecular formula is C19H30N4O. The quantitative estimate of drug-likeness (QED) is 0.595. The molecule has 1 saturated heterocycles. The van der Waals surface area contributed by atoms with E-state index in [9.17, 15) is 0 Å². The minimum Gasteiger partial charge on any atom is -0.494 e. The highest BCUT2D eigenvalue weighted by molar-refractivity contribution is 5.79. The summed E-state index contributed by atoms with van der Waals surface area (Å²) in [6, 6.07) is 9.05. The van der Waals surface area contributed by atoms with E-state index in [0.717, 1.165) is 35.8 Å². The molecule has 3 rings (SSSR count). The summed E-state index contributed by atoms with van der Waals surface area (Å²) in [4.78, 5) is 7.00. The lowest BCUT2D eigenvalue weighted by Gasteiger charge is -2.17.